The molecule has 0 bridgehead atoms. The van der Waals surface area contributed by atoms with Crippen LogP contribution in [0.2, 0.25) is 5.02 Å². The quantitative estimate of drug-likeness (QED) is 0.609. The predicted molar refractivity (Wildman–Crippen MR) is 76.5 cm³/mol. The molecule has 0 aromatic heterocycles. The maximum absolute atomic E-state index is 13.3. The molecule has 0 saturated carbocycles. The lowest BCUT2D eigenvalue weighted by molar-refractivity contribution is 0.628. The minimum absolute atomic E-state index is 0.0576. The van der Waals surface area contributed by atoms with Gasteiger partial charge >= 0.3 is 0 Å². The van der Waals surface area contributed by atoms with E-state index < -0.39 is 5.82 Å². The molecule has 96 valence electrons. The van der Waals surface area contributed by atoms with Crippen molar-refractivity contribution in [2.75, 3.05) is 22.6 Å². The summed E-state index contributed by atoms with van der Waals surface area (Å²) in [7, 11) is 0. The summed E-state index contributed by atoms with van der Waals surface area (Å²) in [5.74, 6) is 1.75. The third kappa shape index (κ3) is 4.64. The van der Waals surface area contributed by atoms with E-state index >= 15 is 0 Å². The topological polar surface area (TPSA) is 38.0 Å². The average molecular weight is 277 g/mol. The number of thioether (sulfide) groups is 1. The summed E-state index contributed by atoms with van der Waals surface area (Å²) in [5.41, 5.74) is 6.86. The first-order chi connectivity index (χ1) is 8.04. The molecule has 0 aliphatic rings. The lowest BCUT2D eigenvalue weighted by Crippen LogP contribution is -2.17. The molecule has 0 heterocycles. The van der Waals surface area contributed by atoms with E-state index in [4.69, 9.17) is 17.3 Å². The first-order valence-electron chi connectivity index (χ1n) is 5.63. The average Bonchev–Trinajstić information content (AvgIpc) is 2.26. The molecule has 5 heteroatoms. The SMILES string of the molecule is CCSCCC(C)Nc1cc(F)c(Cl)cc1N. The number of hydrogen-bond acceptors (Lipinski definition) is 3. The molecular formula is C12H18ClFN2S. The normalized spacial score (nSPS) is 12.5. The van der Waals surface area contributed by atoms with Gasteiger partial charge in [-0.05, 0) is 30.9 Å². The Balaban J connectivity index is 2.58. The maximum Gasteiger partial charge on any atom is 0.143 e. The summed E-state index contributed by atoms with van der Waals surface area (Å²) in [5, 5.41) is 3.26. The van der Waals surface area contributed by atoms with Crippen LogP contribution in [-0.4, -0.2) is 17.5 Å². The van der Waals surface area contributed by atoms with Gasteiger partial charge in [-0.1, -0.05) is 18.5 Å². The van der Waals surface area contributed by atoms with Gasteiger partial charge in [-0.25, -0.2) is 4.39 Å². The summed E-state index contributed by atoms with van der Waals surface area (Å²) in [6.45, 7) is 4.19. The molecule has 0 fully saturated rings. The number of nitrogen functional groups attached to an aromatic ring is 1. The van der Waals surface area contributed by atoms with Crippen molar-refractivity contribution in [3.8, 4) is 0 Å². The van der Waals surface area contributed by atoms with E-state index in [9.17, 15) is 4.39 Å². The van der Waals surface area contributed by atoms with Gasteiger partial charge in [0.25, 0.3) is 0 Å². The van der Waals surface area contributed by atoms with Crippen molar-refractivity contribution >= 4 is 34.7 Å². The molecule has 0 aliphatic carbocycles. The Morgan fingerprint density at radius 1 is 1.53 bits per heavy atom. The van der Waals surface area contributed by atoms with E-state index in [0.717, 1.165) is 17.9 Å². The summed E-state index contributed by atoms with van der Waals surface area (Å²) in [6.07, 6.45) is 1.02. The fourth-order valence-corrected chi connectivity index (χ4v) is 2.41. The van der Waals surface area contributed by atoms with E-state index in [0.29, 0.717) is 11.4 Å². The summed E-state index contributed by atoms with van der Waals surface area (Å²) >= 11 is 7.53. The van der Waals surface area contributed by atoms with E-state index in [-0.39, 0.29) is 11.1 Å². The minimum Gasteiger partial charge on any atom is -0.397 e. The monoisotopic (exact) mass is 276 g/mol. The van der Waals surface area contributed by atoms with E-state index in [1.165, 1.54) is 12.1 Å². The number of hydrogen-bond donors (Lipinski definition) is 2. The van der Waals surface area contributed by atoms with Crippen LogP contribution in [0.4, 0.5) is 15.8 Å². The molecule has 3 N–H and O–H groups in total. The first kappa shape index (κ1) is 14.5. The molecule has 1 atom stereocenters. The smallest absolute Gasteiger partial charge is 0.143 e. The third-order valence-electron chi connectivity index (χ3n) is 2.39. The molecule has 1 aromatic carbocycles. The van der Waals surface area contributed by atoms with Crippen LogP contribution in [-0.2, 0) is 0 Å². The van der Waals surface area contributed by atoms with E-state index in [2.05, 4.69) is 19.2 Å². The van der Waals surface area contributed by atoms with Crippen LogP contribution < -0.4 is 11.1 Å². The number of rotatable bonds is 6. The van der Waals surface area contributed by atoms with Gasteiger partial charge in [0.15, 0.2) is 0 Å². The highest BCUT2D eigenvalue weighted by Gasteiger charge is 2.08. The van der Waals surface area contributed by atoms with Gasteiger partial charge in [-0.2, -0.15) is 11.8 Å². The van der Waals surface area contributed by atoms with Gasteiger partial charge < -0.3 is 11.1 Å². The highest BCUT2D eigenvalue weighted by molar-refractivity contribution is 7.99. The molecule has 0 saturated heterocycles. The van der Waals surface area contributed by atoms with Gasteiger partial charge in [0.2, 0.25) is 0 Å². The van der Waals surface area contributed by atoms with Gasteiger partial charge in [-0.3, -0.25) is 0 Å². The third-order valence-corrected chi connectivity index (χ3v) is 3.62. The highest BCUT2D eigenvalue weighted by atomic mass is 35.5. The van der Waals surface area contributed by atoms with Crippen molar-refractivity contribution in [2.45, 2.75) is 26.3 Å². The fraction of sp³-hybridized carbons (Fsp3) is 0.500. The number of nitrogens with two attached hydrogens (primary N) is 1. The van der Waals surface area contributed by atoms with Crippen molar-refractivity contribution < 1.29 is 4.39 Å². The van der Waals surface area contributed by atoms with Crippen LogP contribution in [0.25, 0.3) is 0 Å². The number of benzene rings is 1. The first-order valence-corrected chi connectivity index (χ1v) is 7.16. The van der Waals surface area contributed by atoms with Crippen LogP contribution in [0.3, 0.4) is 0 Å². The Morgan fingerprint density at radius 2 is 2.24 bits per heavy atom. The zero-order valence-corrected chi connectivity index (χ0v) is 11.7. The molecule has 2 nitrogen and oxygen atoms in total. The van der Waals surface area contributed by atoms with Crippen LogP contribution in [0.5, 0.6) is 0 Å². The second kappa shape index (κ2) is 6.97. The zero-order chi connectivity index (χ0) is 12.8. The molecule has 17 heavy (non-hydrogen) atoms. The maximum atomic E-state index is 13.3. The van der Waals surface area contributed by atoms with E-state index in [1.54, 1.807) is 0 Å². The second-order valence-electron chi connectivity index (χ2n) is 3.88. The van der Waals surface area contributed by atoms with Crippen molar-refractivity contribution in [1.29, 1.82) is 0 Å². The van der Waals surface area contributed by atoms with Gasteiger partial charge in [0.05, 0.1) is 16.4 Å². The lowest BCUT2D eigenvalue weighted by Gasteiger charge is -2.17. The summed E-state index contributed by atoms with van der Waals surface area (Å²) < 4.78 is 13.3. The number of halogens is 2. The Morgan fingerprint density at radius 3 is 2.88 bits per heavy atom. The van der Waals surface area contributed by atoms with Crippen LogP contribution in [0.1, 0.15) is 20.3 Å². The van der Waals surface area contributed by atoms with Crippen LogP contribution in [0.15, 0.2) is 12.1 Å². The van der Waals surface area contributed by atoms with Crippen molar-refractivity contribution in [3.05, 3.63) is 23.0 Å². The zero-order valence-electron chi connectivity index (χ0n) is 10.1. The number of anilines is 2. The Bertz CT molecular complexity index is 374. The standard InChI is InChI=1S/C12H18ClFN2S/c1-3-17-5-4-8(2)16-12-7-10(14)9(13)6-11(12)15/h6-8,16H,3-5,15H2,1-2H3. The molecule has 0 spiro atoms. The molecule has 1 unspecified atom stereocenters. The van der Waals surface area contributed by atoms with Crippen molar-refractivity contribution in [1.82, 2.24) is 0 Å². The Hall–Kier alpha value is -0.610. The lowest BCUT2D eigenvalue weighted by atomic mass is 10.2. The highest BCUT2D eigenvalue weighted by Crippen LogP contribution is 2.27. The molecule has 0 amide bonds. The summed E-state index contributed by atoms with van der Waals surface area (Å²) in [4.78, 5) is 0. The largest absolute Gasteiger partial charge is 0.397 e. The van der Waals surface area contributed by atoms with Crippen molar-refractivity contribution in [3.63, 3.8) is 0 Å². The molecular weight excluding hydrogens is 259 g/mol. The van der Waals surface area contributed by atoms with Crippen molar-refractivity contribution in [2.24, 2.45) is 0 Å². The number of nitrogens with one attached hydrogen (secondary N) is 1. The Labute approximate surface area is 111 Å². The minimum atomic E-state index is -0.446. The van der Waals surface area contributed by atoms with Gasteiger partial charge in [0.1, 0.15) is 5.82 Å². The molecule has 1 aromatic rings. The van der Waals surface area contributed by atoms with E-state index in [1.807, 2.05) is 11.8 Å². The van der Waals surface area contributed by atoms with Crippen LogP contribution >= 0.6 is 23.4 Å². The van der Waals surface area contributed by atoms with Gasteiger partial charge in [0, 0.05) is 12.1 Å². The fourth-order valence-electron chi connectivity index (χ4n) is 1.43. The second-order valence-corrected chi connectivity index (χ2v) is 5.69. The van der Waals surface area contributed by atoms with Gasteiger partial charge in [-0.15, -0.1) is 0 Å². The molecule has 0 aliphatic heterocycles. The van der Waals surface area contributed by atoms with Crippen LogP contribution in [0, 0.1) is 5.82 Å². The summed E-state index contributed by atoms with van der Waals surface area (Å²) in [6, 6.07) is 3.05. The molecule has 0 radical (unpaired) electrons. The predicted octanol–water partition coefficient (Wildman–Crippen LogP) is 4.00. The molecule has 1 rings (SSSR count). The Kier molecular flexibility index (Phi) is 5.92.